The fourth-order valence-corrected chi connectivity index (χ4v) is 5.34. The maximum Gasteiger partial charge on any atom is 0.417 e. The van der Waals surface area contributed by atoms with E-state index in [-0.39, 0.29) is 11.9 Å². The summed E-state index contributed by atoms with van der Waals surface area (Å²) in [5.74, 6) is 1.40. The van der Waals surface area contributed by atoms with Gasteiger partial charge >= 0.3 is 6.09 Å². The molecule has 2 aliphatic heterocycles. The molecule has 3 heterocycles. The first kappa shape index (κ1) is 25.4. The molecular formula is C28H36N6O3. The zero-order valence-corrected chi connectivity index (χ0v) is 21.7. The average molecular weight is 505 g/mol. The van der Waals surface area contributed by atoms with Gasteiger partial charge < -0.3 is 9.64 Å². The molecule has 1 saturated carbocycles. The van der Waals surface area contributed by atoms with E-state index in [0.717, 1.165) is 49.6 Å². The van der Waals surface area contributed by atoms with Crippen LogP contribution in [0.3, 0.4) is 0 Å². The van der Waals surface area contributed by atoms with Gasteiger partial charge in [-0.3, -0.25) is 19.9 Å². The molecule has 0 bridgehead atoms. The first-order valence-corrected chi connectivity index (χ1v) is 13.3. The van der Waals surface area contributed by atoms with Gasteiger partial charge in [-0.05, 0) is 43.4 Å². The first-order valence-electron chi connectivity index (χ1n) is 13.3. The average Bonchev–Trinajstić information content (AvgIpc) is 3.76. The molecule has 1 aromatic carbocycles. The number of hydrogen-bond acceptors (Lipinski definition) is 7. The Kier molecular flexibility index (Phi) is 7.53. The summed E-state index contributed by atoms with van der Waals surface area (Å²) < 4.78 is 5.69. The van der Waals surface area contributed by atoms with Gasteiger partial charge in [-0.25, -0.2) is 14.8 Å². The number of carbonyl (C=O) groups is 2. The SMILES string of the molecule is C=CC(=O)N1CCN([C@@H](CC2CC2)c2ccc([C@H](C)NC3OC(=O)N(CC)c4ncncc43)cc2)CC1. The molecule has 196 valence electrons. The zero-order chi connectivity index (χ0) is 25.9. The van der Waals surface area contributed by atoms with Crippen LogP contribution in [0, 0.1) is 5.92 Å². The Bertz CT molecular complexity index is 1130. The largest absolute Gasteiger partial charge is 0.425 e. The van der Waals surface area contributed by atoms with E-state index >= 15 is 0 Å². The third-order valence-electron chi connectivity index (χ3n) is 7.73. The van der Waals surface area contributed by atoms with Gasteiger partial charge in [0.2, 0.25) is 5.91 Å². The summed E-state index contributed by atoms with van der Waals surface area (Å²) >= 11 is 0. The minimum absolute atomic E-state index is 0.0180. The number of benzene rings is 1. The Hall–Kier alpha value is -3.30. The monoisotopic (exact) mass is 504 g/mol. The van der Waals surface area contributed by atoms with Gasteiger partial charge in [-0.15, -0.1) is 0 Å². The number of carbonyl (C=O) groups excluding carboxylic acids is 2. The van der Waals surface area contributed by atoms with Crippen molar-refractivity contribution in [1.82, 2.24) is 25.1 Å². The van der Waals surface area contributed by atoms with Crippen molar-refractivity contribution >= 4 is 17.8 Å². The summed E-state index contributed by atoms with van der Waals surface area (Å²) in [5.41, 5.74) is 3.18. The van der Waals surface area contributed by atoms with E-state index in [9.17, 15) is 9.59 Å². The number of anilines is 1. The van der Waals surface area contributed by atoms with Gasteiger partial charge in [0.15, 0.2) is 6.23 Å². The van der Waals surface area contributed by atoms with Crippen LogP contribution >= 0.6 is 0 Å². The van der Waals surface area contributed by atoms with Crippen LogP contribution in [0.5, 0.6) is 0 Å². The van der Waals surface area contributed by atoms with E-state index in [1.54, 1.807) is 6.20 Å². The third-order valence-corrected chi connectivity index (χ3v) is 7.73. The summed E-state index contributed by atoms with van der Waals surface area (Å²) in [4.78, 5) is 38.9. The lowest BCUT2D eigenvalue weighted by molar-refractivity contribution is -0.128. The van der Waals surface area contributed by atoms with Gasteiger partial charge in [0.25, 0.3) is 0 Å². The second-order valence-electron chi connectivity index (χ2n) is 10.1. The molecule has 3 atom stereocenters. The smallest absolute Gasteiger partial charge is 0.417 e. The molecule has 1 unspecified atom stereocenters. The van der Waals surface area contributed by atoms with E-state index < -0.39 is 12.3 Å². The number of piperazine rings is 1. The highest BCUT2D eigenvalue weighted by Gasteiger charge is 2.35. The van der Waals surface area contributed by atoms with Crippen molar-refractivity contribution in [3.63, 3.8) is 0 Å². The number of cyclic esters (lactones) is 1. The number of nitrogens with one attached hydrogen (secondary N) is 1. The topological polar surface area (TPSA) is 90.9 Å². The minimum Gasteiger partial charge on any atom is -0.425 e. The molecular weight excluding hydrogens is 468 g/mol. The summed E-state index contributed by atoms with van der Waals surface area (Å²) in [5, 5.41) is 3.44. The maximum atomic E-state index is 12.5. The standard InChI is InChI=1S/C28H36N6O3/c1-4-25(35)33-14-12-32(13-15-33)24(16-20-6-7-20)22-10-8-21(9-11-22)19(3)31-27-23-17-29-18-30-26(23)34(5-2)28(36)37-27/h4,8-11,17-20,24,27,31H,1,5-7,12-16H2,2-3H3/t19-,24-,27?/m0/s1. The van der Waals surface area contributed by atoms with Gasteiger partial charge in [0.1, 0.15) is 12.1 Å². The van der Waals surface area contributed by atoms with Crippen LogP contribution in [-0.2, 0) is 9.53 Å². The lowest BCUT2D eigenvalue weighted by atomic mass is 9.96. The van der Waals surface area contributed by atoms with Crippen LogP contribution in [0.15, 0.2) is 49.4 Å². The Morgan fingerprint density at radius 2 is 1.89 bits per heavy atom. The Labute approximate surface area is 218 Å². The molecule has 2 aromatic rings. The highest BCUT2D eigenvalue weighted by atomic mass is 16.6. The summed E-state index contributed by atoms with van der Waals surface area (Å²) in [6, 6.07) is 9.08. The second-order valence-corrected chi connectivity index (χ2v) is 10.1. The van der Waals surface area contributed by atoms with Crippen molar-refractivity contribution in [3.8, 4) is 0 Å². The zero-order valence-electron chi connectivity index (χ0n) is 21.7. The minimum atomic E-state index is -0.613. The molecule has 2 fully saturated rings. The molecule has 9 heteroatoms. The number of hydrogen-bond donors (Lipinski definition) is 1. The van der Waals surface area contributed by atoms with E-state index in [1.807, 2.05) is 11.8 Å². The number of rotatable bonds is 9. The van der Waals surface area contributed by atoms with Crippen LogP contribution in [-0.4, -0.2) is 64.5 Å². The Morgan fingerprint density at radius 3 is 2.54 bits per heavy atom. The fourth-order valence-electron chi connectivity index (χ4n) is 5.34. The molecule has 2 amide bonds. The van der Waals surface area contributed by atoms with Gasteiger partial charge in [0.05, 0.1) is 5.56 Å². The van der Waals surface area contributed by atoms with Gasteiger partial charge in [-0.1, -0.05) is 43.7 Å². The highest BCUT2D eigenvalue weighted by molar-refractivity contribution is 5.89. The molecule has 37 heavy (non-hydrogen) atoms. The van der Waals surface area contributed by atoms with Crippen LogP contribution in [0.1, 0.15) is 68.1 Å². The van der Waals surface area contributed by atoms with Gasteiger partial charge in [-0.2, -0.15) is 0 Å². The van der Waals surface area contributed by atoms with Crippen molar-refractivity contribution < 1.29 is 14.3 Å². The molecule has 3 aliphatic rings. The second kappa shape index (κ2) is 11.0. The normalized spacial score (nSPS) is 21.7. The molecule has 9 nitrogen and oxygen atoms in total. The summed E-state index contributed by atoms with van der Waals surface area (Å²) in [7, 11) is 0. The van der Waals surface area contributed by atoms with Crippen LogP contribution < -0.4 is 10.2 Å². The summed E-state index contributed by atoms with van der Waals surface area (Å²) in [6.45, 7) is 11.3. The molecule has 1 N–H and O–H groups in total. The van der Waals surface area contributed by atoms with Crippen molar-refractivity contribution in [2.75, 3.05) is 37.6 Å². The van der Waals surface area contributed by atoms with Crippen molar-refractivity contribution in [2.45, 2.75) is 51.4 Å². The fraction of sp³-hybridized carbons (Fsp3) is 0.500. The van der Waals surface area contributed by atoms with Crippen LogP contribution in [0.4, 0.5) is 10.6 Å². The lowest BCUT2D eigenvalue weighted by Gasteiger charge is -2.39. The van der Waals surface area contributed by atoms with Crippen molar-refractivity contribution in [2.24, 2.45) is 5.92 Å². The molecule has 1 aliphatic carbocycles. The number of aromatic nitrogens is 2. The molecule has 1 saturated heterocycles. The molecule has 0 radical (unpaired) electrons. The third kappa shape index (κ3) is 5.52. The predicted octanol–water partition coefficient (Wildman–Crippen LogP) is 3.97. The molecule has 5 rings (SSSR count). The van der Waals surface area contributed by atoms with Crippen molar-refractivity contribution in [1.29, 1.82) is 0 Å². The Morgan fingerprint density at radius 1 is 1.19 bits per heavy atom. The van der Waals surface area contributed by atoms with E-state index in [1.165, 1.54) is 35.7 Å². The first-order chi connectivity index (χ1) is 18.0. The van der Waals surface area contributed by atoms with Crippen molar-refractivity contribution in [3.05, 3.63) is 66.1 Å². The summed E-state index contributed by atoms with van der Waals surface area (Å²) in [6.07, 6.45) is 7.32. The van der Waals surface area contributed by atoms with E-state index in [2.05, 4.69) is 58.0 Å². The number of amides is 2. The molecule has 0 spiro atoms. The van der Waals surface area contributed by atoms with Gasteiger partial charge in [0, 0.05) is 51.0 Å². The number of nitrogens with zero attached hydrogens (tertiary/aromatic N) is 5. The number of ether oxygens (including phenoxy) is 1. The maximum absolute atomic E-state index is 12.5. The van der Waals surface area contributed by atoms with E-state index in [0.29, 0.717) is 18.4 Å². The molecule has 1 aromatic heterocycles. The highest BCUT2D eigenvalue weighted by Crippen LogP contribution is 2.40. The Balaban J connectivity index is 1.27. The van der Waals surface area contributed by atoms with E-state index in [4.69, 9.17) is 4.74 Å². The predicted molar refractivity (Wildman–Crippen MR) is 141 cm³/mol. The lowest BCUT2D eigenvalue weighted by Crippen LogP contribution is -2.49. The quantitative estimate of drug-likeness (QED) is 0.517. The van der Waals surface area contributed by atoms with Crippen LogP contribution in [0.2, 0.25) is 0 Å². The number of fused-ring (bicyclic) bond motifs is 1. The van der Waals surface area contributed by atoms with Crippen LogP contribution in [0.25, 0.3) is 0 Å².